The van der Waals surface area contributed by atoms with E-state index in [4.69, 9.17) is 12.6 Å². The van der Waals surface area contributed by atoms with Crippen molar-refractivity contribution in [1.82, 2.24) is 15.3 Å². The van der Waals surface area contributed by atoms with E-state index in [0.717, 1.165) is 44.3 Å². The number of hydrogen-bond donors (Lipinski definition) is 1. The molecule has 2 radical (unpaired) electrons. The standard InChI is InChI=1S/C21H32BN3O2/c1-27-18-15-17(23-19(24-18)16-11-7-8-12-16)20(26)25-21(22)13-9-5-3-2-4-6-10-14-21/h15-16H,2-14H2,1H3,(H,25,26). The van der Waals surface area contributed by atoms with Crippen LogP contribution in [0.3, 0.4) is 0 Å². The molecule has 1 aromatic rings. The van der Waals surface area contributed by atoms with Gasteiger partial charge in [0, 0.05) is 17.4 Å². The molecule has 0 bridgehead atoms. The molecule has 6 heteroatoms. The summed E-state index contributed by atoms with van der Waals surface area (Å²) in [6.45, 7) is 0. The van der Waals surface area contributed by atoms with Crippen molar-refractivity contribution in [3.63, 3.8) is 0 Å². The minimum Gasteiger partial charge on any atom is -0.481 e. The average molecular weight is 369 g/mol. The van der Waals surface area contributed by atoms with E-state index in [2.05, 4.69) is 15.3 Å². The third-order valence-corrected chi connectivity index (χ3v) is 5.99. The van der Waals surface area contributed by atoms with Crippen LogP contribution in [0.2, 0.25) is 0 Å². The molecule has 0 unspecified atom stereocenters. The molecule has 0 atom stereocenters. The summed E-state index contributed by atoms with van der Waals surface area (Å²) in [5, 5.41) is 3.09. The number of carbonyl (C=O) groups excluding carboxylic acids is 1. The number of amides is 1. The highest BCUT2D eigenvalue weighted by atomic mass is 16.5. The maximum absolute atomic E-state index is 13.0. The van der Waals surface area contributed by atoms with Gasteiger partial charge in [-0.2, -0.15) is 4.98 Å². The molecule has 146 valence electrons. The van der Waals surface area contributed by atoms with E-state index in [-0.39, 0.29) is 5.91 Å². The number of methoxy groups -OCH3 is 1. The molecule has 1 aromatic heterocycles. The first-order valence-electron chi connectivity index (χ1n) is 10.6. The molecular weight excluding hydrogens is 337 g/mol. The summed E-state index contributed by atoms with van der Waals surface area (Å²) in [5.74, 6) is 1.30. The predicted molar refractivity (Wildman–Crippen MR) is 107 cm³/mol. The zero-order valence-electron chi connectivity index (χ0n) is 16.6. The Kier molecular flexibility index (Phi) is 7.14. The lowest BCUT2D eigenvalue weighted by molar-refractivity contribution is 0.0912. The van der Waals surface area contributed by atoms with Crippen molar-refractivity contribution in [2.24, 2.45) is 0 Å². The van der Waals surface area contributed by atoms with Crippen LogP contribution in [-0.4, -0.2) is 36.3 Å². The van der Waals surface area contributed by atoms with Crippen molar-refractivity contribution in [3.05, 3.63) is 17.6 Å². The highest BCUT2D eigenvalue weighted by molar-refractivity contribution is 6.17. The van der Waals surface area contributed by atoms with Crippen LogP contribution in [0.5, 0.6) is 5.88 Å². The average Bonchev–Trinajstić information content (AvgIpc) is 3.21. The fraction of sp³-hybridized carbons (Fsp3) is 0.762. The van der Waals surface area contributed by atoms with Gasteiger partial charge in [0.1, 0.15) is 19.4 Å². The first-order valence-corrected chi connectivity index (χ1v) is 10.6. The Balaban J connectivity index is 1.74. The van der Waals surface area contributed by atoms with Gasteiger partial charge in [-0.3, -0.25) is 4.79 Å². The van der Waals surface area contributed by atoms with Gasteiger partial charge in [-0.1, -0.05) is 57.8 Å². The van der Waals surface area contributed by atoms with Gasteiger partial charge >= 0.3 is 0 Å². The summed E-state index contributed by atoms with van der Waals surface area (Å²) in [7, 11) is 8.19. The molecule has 0 spiro atoms. The van der Waals surface area contributed by atoms with Crippen molar-refractivity contribution >= 4 is 13.8 Å². The van der Waals surface area contributed by atoms with Crippen LogP contribution in [0.4, 0.5) is 0 Å². The Morgan fingerprint density at radius 2 is 1.63 bits per heavy atom. The van der Waals surface area contributed by atoms with Crippen molar-refractivity contribution < 1.29 is 9.53 Å². The van der Waals surface area contributed by atoms with Gasteiger partial charge in [-0.25, -0.2) is 4.98 Å². The van der Waals surface area contributed by atoms with Gasteiger partial charge in [0.25, 0.3) is 5.91 Å². The van der Waals surface area contributed by atoms with Crippen LogP contribution in [-0.2, 0) is 0 Å². The molecule has 1 N–H and O–H groups in total. The maximum atomic E-state index is 13.0. The molecule has 0 aromatic carbocycles. The lowest BCUT2D eigenvalue weighted by Crippen LogP contribution is -2.49. The van der Waals surface area contributed by atoms with E-state index in [9.17, 15) is 4.79 Å². The fourth-order valence-corrected chi connectivity index (χ4v) is 4.34. The maximum Gasteiger partial charge on any atom is 0.269 e. The molecule has 0 saturated heterocycles. The zero-order chi connectivity index (χ0) is 19.1. The van der Waals surface area contributed by atoms with Crippen LogP contribution in [0.15, 0.2) is 6.07 Å². The van der Waals surface area contributed by atoms with Crippen molar-refractivity contribution in [1.29, 1.82) is 0 Å². The SMILES string of the molecule is [B]C1(NC(=O)c2cc(OC)nc(C3CCCC3)n2)CCCCCCCCC1. The molecule has 1 heterocycles. The van der Waals surface area contributed by atoms with Gasteiger partial charge < -0.3 is 10.1 Å². The van der Waals surface area contributed by atoms with Crippen LogP contribution in [0.25, 0.3) is 0 Å². The molecular formula is C21H32BN3O2. The zero-order valence-corrected chi connectivity index (χ0v) is 16.6. The van der Waals surface area contributed by atoms with Gasteiger partial charge in [-0.05, 0) is 25.7 Å². The summed E-state index contributed by atoms with van der Waals surface area (Å²) in [6, 6.07) is 1.62. The van der Waals surface area contributed by atoms with Gasteiger partial charge in [-0.15, -0.1) is 0 Å². The minimum absolute atomic E-state index is 0.213. The Bertz CT molecular complexity index is 622. The Morgan fingerprint density at radius 1 is 1.04 bits per heavy atom. The number of nitrogens with one attached hydrogen (secondary N) is 1. The van der Waals surface area contributed by atoms with Crippen LogP contribution in [0.1, 0.15) is 106 Å². The number of rotatable bonds is 4. The van der Waals surface area contributed by atoms with E-state index in [0.29, 0.717) is 17.5 Å². The van der Waals surface area contributed by atoms with E-state index in [1.54, 1.807) is 13.2 Å². The van der Waals surface area contributed by atoms with Crippen molar-refractivity contribution in [2.75, 3.05) is 7.11 Å². The highest BCUT2D eigenvalue weighted by Crippen LogP contribution is 2.33. The first-order chi connectivity index (χ1) is 13.1. The van der Waals surface area contributed by atoms with E-state index in [1.165, 1.54) is 44.9 Å². The van der Waals surface area contributed by atoms with Gasteiger partial charge in [0.15, 0.2) is 0 Å². The molecule has 0 aliphatic heterocycles. The fourth-order valence-electron chi connectivity index (χ4n) is 4.34. The molecule has 2 aliphatic carbocycles. The third-order valence-electron chi connectivity index (χ3n) is 5.99. The summed E-state index contributed by atoms with van der Waals surface area (Å²) in [4.78, 5) is 22.0. The molecule has 2 fully saturated rings. The summed E-state index contributed by atoms with van der Waals surface area (Å²) < 4.78 is 5.32. The molecule has 5 nitrogen and oxygen atoms in total. The highest BCUT2D eigenvalue weighted by Gasteiger charge is 2.28. The predicted octanol–water partition coefficient (Wildman–Crippen LogP) is 4.26. The molecule has 2 saturated carbocycles. The van der Waals surface area contributed by atoms with Crippen molar-refractivity contribution in [3.8, 4) is 5.88 Å². The Hall–Kier alpha value is -1.59. The number of nitrogens with zero attached hydrogens (tertiary/aromatic N) is 2. The van der Waals surface area contributed by atoms with Crippen LogP contribution >= 0.6 is 0 Å². The second-order valence-corrected chi connectivity index (χ2v) is 8.22. The second-order valence-electron chi connectivity index (χ2n) is 8.22. The van der Waals surface area contributed by atoms with E-state index in [1.807, 2.05) is 0 Å². The molecule has 3 rings (SSSR count). The topological polar surface area (TPSA) is 64.1 Å². The third kappa shape index (κ3) is 5.69. The van der Waals surface area contributed by atoms with E-state index >= 15 is 0 Å². The second kappa shape index (κ2) is 9.56. The molecule has 27 heavy (non-hydrogen) atoms. The first kappa shape index (κ1) is 20.2. The number of aromatic nitrogens is 2. The quantitative estimate of drug-likeness (QED) is 0.806. The van der Waals surface area contributed by atoms with Crippen LogP contribution in [0, 0.1) is 0 Å². The normalized spacial score (nSPS) is 21.5. The minimum atomic E-state index is -0.653. The van der Waals surface area contributed by atoms with Gasteiger partial charge in [0.05, 0.1) is 7.11 Å². The number of hydrogen-bond acceptors (Lipinski definition) is 4. The Labute approximate surface area is 164 Å². The molecule has 2 aliphatic rings. The van der Waals surface area contributed by atoms with Gasteiger partial charge in [0.2, 0.25) is 5.88 Å². The lowest BCUT2D eigenvalue weighted by atomic mass is 9.69. The summed E-state index contributed by atoms with van der Waals surface area (Å²) >= 11 is 0. The lowest BCUT2D eigenvalue weighted by Gasteiger charge is -2.32. The Morgan fingerprint density at radius 3 is 2.22 bits per heavy atom. The largest absolute Gasteiger partial charge is 0.481 e. The molecule has 1 amide bonds. The monoisotopic (exact) mass is 369 g/mol. The summed E-state index contributed by atoms with van der Waals surface area (Å²) in [5.41, 5.74) is -0.286. The van der Waals surface area contributed by atoms with Crippen LogP contribution < -0.4 is 10.1 Å². The number of ether oxygens (including phenoxy) is 1. The number of carbonyl (C=O) groups is 1. The smallest absolute Gasteiger partial charge is 0.269 e. The van der Waals surface area contributed by atoms with Crippen molar-refractivity contribution in [2.45, 2.75) is 94.8 Å². The summed E-state index contributed by atoms with van der Waals surface area (Å²) in [6.07, 6.45) is 14.5. The van der Waals surface area contributed by atoms with E-state index < -0.39 is 5.44 Å².